The Morgan fingerprint density at radius 2 is 2.09 bits per heavy atom. The molecule has 0 heterocycles. The number of hydrogen-bond donors (Lipinski definition) is 1. The van der Waals surface area contributed by atoms with Crippen LogP contribution in [0.1, 0.15) is 32.6 Å². The van der Waals surface area contributed by atoms with Crippen molar-refractivity contribution in [1.82, 2.24) is 0 Å². The molecule has 1 atom stereocenters. The molecule has 0 aromatic rings. The van der Waals surface area contributed by atoms with Crippen molar-refractivity contribution in [2.75, 3.05) is 5.75 Å². The summed E-state index contributed by atoms with van der Waals surface area (Å²) in [6, 6.07) is 0. The predicted molar refractivity (Wildman–Crippen MR) is 47.2 cm³/mol. The summed E-state index contributed by atoms with van der Waals surface area (Å²) in [6.45, 7) is 2.18. The van der Waals surface area contributed by atoms with Gasteiger partial charge in [-0.25, -0.2) is 0 Å². The van der Waals surface area contributed by atoms with Crippen LogP contribution in [0, 0.1) is 5.92 Å². The fraction of sp³-hybridized carbons (Fsp3) is 0.875. The number of unbranched alkanes of at least 4 members (excludes halogenated alkanes) is 2. The summed E-state index contributed by atoms with van der Waals surface area (Å²) in [6.07, 6.45) is 5.80. The Morgan fingerprint density at radius 3 is 2.55 bits per heavy atom. The zero-order chi connectivity index (χ0) is 7.82. The molecule has 0 aliphatic carbocycles. The molecule has 0 amide bonds. The molecule has 1 unspecified atom stereocenters. The number of hydrogen-bond acceptors (Lipinski definition) is 2. The first kappa shape index (κ1) is 14.6. The summed E-state index contributed by atoms with van der Waals surface area (Å²) in [5.74, 6) is 1.64. The van der Waals surface area contributed by atoms with Crippen molar-refractivity contribution in [1.29, 1.82) is 0 Å². The van der Waals surface area contributed by atoms with E-state index in [9.17, 15) is 4.79 Å². The van der Waals surface area contributed by atoms with Gasteiger partial charge >= 0.3 is 0 Å². The van der Waals surface area contributed by atoms with Crippen LogP contribution < -0.4 is 0 Å². The molecule has 0 aliphatic heterocycles. The molecule has 1 nitrogen and oxygen atoms in total. The van der Waals surface area contributed by atoms with E-state index in [2.05, 4.69) is 19.6 Å². The third kappa shape index (κ3) is 11.1. The van der Waals surface area contributed by atoms with Crippen LogP contribution in [-0.2, 0) is 37.5 Å². The Kier molecular flexibility index (Phi) is 14.8. The van der Waals surface area contributed by atoms with Crippen LogP contribution in [0.4, 0.5) is 0 Å². The molecule has 0 bridgehead atoms. The topological polar surface area (TPSA) is 17.1 Å². The average Bonchev–Trinajstić information content (AvgIpc) is 1.98. The molecule has 0 rings (SSSR count). The molecular weight excluding hydrogens is 233 g/mol. The van der Waals surface area contributed by atoms with E-state index in [-0.39, 0.29) is 32.7 Å². The van der Waals surface area contributed by atoms with Crippen molar-refractivity contribution in [3.8, 4) is 0 Å². The standard InChI is InChI=1S/C8H15OS.Y/c1-8(7-10)5-3-2-4-6-9;/h8,10H,2-5,7H2,1H3;/q-1;. The van der Waals surface area contributed by atoms with Gasteiger partial charge in [0.2, 0.25) is 0 Å². The smallest absolute Gasteiger partial charge is 0 e. The van der Waals surface area contributed by atoms with Crippen LogP contribution in [0.2, 0.25) is 0 Å². The van der Waals surface area contributed by atoms with Crippen molar-refractivity contribution in [3.05, 3.63) is 0 Å². The number of carbonyl (C=O) groups excluding carboxylic acids is 1. The second-order valence-electron chi connectivity index (χ2n) is 2.68. The third-order valence-corrected chi connectivity index (χ3v) is 2.16. The minimum Gasteiger partial charge on any atom is -0.542 e. The molecule has 0 N–H and O–H groups in total. The maximum atomic E-state index is 9.78. The fourth-order valence-corrected chi connectivity index (χ4v) is 0.964. The molecule has 0 saturated heterocycles. The van der Waals surface area contributed by atoms with E-state index in [4.69, 9.17) is 0 Å². The largest absolute Gasteiger partial charge is 0.542 e. The summed E-state index contributed by atoms with van der Waals surface area (Å²) in [7, 11) is 0. The van der Waals surface area contributed by atoms with Crippen molar-refractivity contribution in [2.45, 2.75) is 32.6 Å². The molecule has 11 heavy (non-hydrogen) atoms. The Bertz CT molecular complexity index is 88.2. The van der Waals surface area contributed by atoms with E-state index in [1.54, 1.807) is 0 Å². The van der Waals surface area contributed by atoms with E-state index in [0.29, 0.717) is 12.3 Å². The first-order chi connectivity index (χ1) is 4.81. The van der Waals surface area contributed by atoms with Gasteiger partial charge in [0.15, 0.2) is 0 Å². The van der Waals surface area contributed by atoms with E-state index in [1.165, 1.54) is 6.42 Å². The van der Waals surface area contributed by atoms with Gasteiger partial charge in [0.05, 0.1) is 0 Å². The SMILES string of the molecule is CC(CS)CCCC[C-]=O.[Y]. The van der Waals surface area contributed by atoms with Crippen LogP contribution in [0.3, 0.4) is 0 Å². The normalized spacial score (nSPS) is 11.8. The minimum absolute atomic E-state index is 0. The van der Waals surface area contributed by atoms with Crippen LogP contribution >= 0.6 is 12.6 Å². The summed E-state index contributed by atoms with van der Waals surface area (Å²) in [4.78, 5) is 9.78. The van der Waals surface area contributed by atoms with Gasteiger partial charge in [-0.2, -0.15) is 19.0 Å². The number of rotatable bonds is 6. The molecule has 63 valence electrons. The molecule has 0 aliphatic rings. The van der Waals surface area contributed by atoms with Crippen molar-refractivity contribution >= 4 is 18.9 Å². The Hall–Kier alpha value is 1.12. The maximum Gasteiger partial charge on any atom is 0 e. The van der Waals surface area contributed by atoms with Gasteiger partial charge in [-0.3, -0.25) is 6.29 Å². The Morgan fingerprint density at radius 1 is 1.45 bits per heavy atom. The van der Waals surface area contributed by atoms with E-state index < -0.39 is 0 Å². The van der Waals surface area contributed by atoms with Crippen LogP contribution in [0.25, 0.3) is 0 Å². The monoisotopic (exact) mass is 248 g/mol. The van der Waals surface area contributed by atoms with E-state index in [1.807, 2.05) is 6.29 Å². The van der Waals surface area contributed by atoms with Gasteiger partial charge in [-0.15, -0.1) is 0 Å². The van der Waals surface area contributed by atoms with Gasteiger partial charge in [-0.1, -0.05) is 26.2 Å². The second-order valence-corrected chi connectivity index (χ2v) is 3.04. The van der Waals surface area contributed by atoms with Crippen molar-refractivity contribution in [2.24, 2.45) is 5.92 Å². The first-order valence-corrected chi connectivity index (χ1v) is 4.40. The summed E-state index contributed by atoms with van der Waals surface area (Å²) >= 11 is 4.16. The fourth-order valence-electron chi connectivity index (χ4n) is 0.781. The minimum atomic E-state index is 0. The maximum absolute atomic E-state index is 9.78. The number of thiol groups is 1. The average molecular weight is 248 g/mol. The van der Waals surface area contributed by atoms with Gasteiger partial charge in [0.25, 0.3) is 0 Å². The Balaban J connectivity index is 0. The van der Waals surface area contributed by atoms with Gasteiger partial charge in [-0.05, 0) is 11.7 Å². The molecule has 0 aromatic heterocycles. The zero-order valence-electron chi connectivity index (χ0n) is 7.05. The summed E-state index contributed by atoms with van der Waals surface area (Å²) in [5, 5.41) is 0. The van der Waals surface area contributed by atoms with Crippen molar-refractivity contribution in [3.63, 3.8) is 0 Å². The van der Waals surface area contributed by atoms with Gasteiger partial charge in [0.1, 0.15) is 0 Å². The van der Waals surface area contributed by atoms with Gasteiger partial charge in [0, 0.05) is 32.7 Å². The molecule has 0 spiro atoms. The summed E-state index contributed by atoms with van der Waals surface area (Å²) < 4.78 is 0. The molecular formula is C8H15OSY-. The molecule has 1 radical (unpaired) electrons. The summed E-state index contributed by atoms with van der Waals surface area (Å²) in [5.41, 5.74) is 0. The van der Waals surface area contributed by atoms with E-state index >= 15 is 0 Å². The molecule has 3 heteroatoms. The molecule has 0 aromatic carbocycles. The quantitative estimate of drug-likeness (QED) is 0.433. The van der Waals surface area contributed by atoms with Crippen molar-refractivity contribution < 1.29 is 37.5 Å². The van der Waals surface area contributed by atoms with Crippen LogP contribution in [-0.4, -0.2) is 12.0 Å². The zero-order valence-corrected chi connectivity index (χ0v) is 10.8. The Labute approximate surface area is 100.0 Å². The molecule has 0 fully saturated rings. The predicted octanol–water partition coefficient (Wildman–Crippen LogP) is 2.22. The molecule has 0 saturated carbocycles. The van der Waals surface area contributed by atoms with Crippen LogP contribution in [0.5, 0.6) is 0 Å². The third-order valence-electron chi connectivity index (χ3n) is 1.54. The van der Waals surface area contributed by atoms with Crippen LogP contribution in [0.15, 0.2) is 0 Å². The second kappa shape index (κ2) is 11.1. The van der Waals surface area contributed by atoms with Gasteiger partial charge < -0.3 is 4.79 Å². The first-order valence-electron chi connectivity index (χ1n) is 3.77. The van der Waals surface area contributed by atoms with E-state index in [0.717, 1.165) is 18.6 Å².